The Morgan fingerprint density at radius 2 is 1.61 bits per heavy atom. The number of nitrogens with one attached hydrogen (secondary N) is 1. The van der Waals surface area contributed by atoms with Crippen LogP contribution in [0.4, 0.5) is 0 Å². The number of nitrogens with two attached hydrogens (primary N) is 1. The number of Topliss-reactive ketones (excluding diaryl/α,β-unsaturated/α-hetero) is 1. The van der Waals surface area contributed by atoms with Crippen LogP contribution >= 0.6 is 0 Å². The summed E-state index contributed by atoms with van der Waals surface area (Å²) in [5.41, 5.74) is 7.85. The summed E-state index contributed by atoms with van der Waals surface area (Å²) in [5, 5.41) is 7.18. The Hall–Kier alpha value is -4.59. The molecule has 1 unspecified atom stereocenters. The minimum atomic E-state index is -1.11. The first kappa shape index (κ1) is 21.6. The van der Waals surface area contributed by atoms with E-state index >= 15 is 0 Å². The van der Waals surface area contributed by atoms with E-state index in [9.17, 15) is 14.4 Å². The van der Waals surface area contributed by atoms with Crippen LogP contribution in [0.25, 0.3) is 17.1 Å². The SMILES string of the molecule is NC(=O)C(=O)C(Cc1ccccc1)NC(=O)c1cccnc1-n1ccc(-c2ccccc2)n1. The van der Waals surface area contributed by atoms with Crippen molar-refractivity contribution in [3.63, 3.8) is 0 Å². The summed E-state index contributed by atoms with van der Waals surface area (Å²) in [6.45, 7) is 0. The van der Waals surface area contributed by atoms with Crippen molar-refractivity contribution in [3.05, 3.63) is 102 Å². The zero-order valence-electron chi connectivity index (χ0n) is 17.6. The number of aromatic nitrogens is 3. The van der Waals surface area contributed by atoms with Crippen LogP contribution < -0.4 is 11.1 Å². The predicted molar refractivity (Wildman–Crippen MR) is 122 cm³/mol. The summed E-state index contributed by atoms with van der Waals surface area (Å²) in [7, 11) is 0. The molecule has 1 atom stereocenters. The number of carbonyl (C=O) groups excluding carboxylic acids is 3. The molecule has 0 bridgehead atoms. The molecule has 164 valence electrons. The van der Waals surface area contributed by atoms with Crippen molar-refractivity contribution in [1.29, 1.82) is 0 Å². The third kappa shape index (κ3) is 5.01. The zero-order valence-corrected chi connectivity index (χ0v) is 17.6. The molecule has 2 heterocycles. The molecule has 0 saturated carbocycles. The fourth-order valence-corrected chi connectivity index (χ4v) is 3.43. The molecular weight excluding hydrogens is 418 g/mol. The van der Waals surface area contributed by atoms with Crippen molar-refractivity contribution in [2.75, 3.05) is 0 Å². The summed E-state index contributed by atoms with van der Waals surface area (Å²) >= 11 is 0. The van der Waals surface area contributed by atoms with Gasteiger partial charge in [-0.25, -0.2) is 9.67 Å². The number of pyridine rings is 1. The fraction of sp³-hybridized carbons (Fsp3) is 0.0800. The second-order valence-electron chi connectivity index (χ2n) is 7.33. The van der Waals surface area contributed by atoms with Gasteiger partial charge in [-0.3, -0.25) is 14.4 Å². The molecule has 4 rings (SSSR count). The first-order valence-electron chi connectivity index (χ1n) is 10.3. The highest BCUT2D eigenvalue weighted by Crippen LogP contribution is 2.19. The summed E-state index contributed by atoms with van der Waals surface area (Å²) < 4.78 is 1.50. The van der Waals surface area contributed by atoms with Crippen molar-refractivity contribution in [1.82, 2.24) is 20.1 Å². The van der Waals surface area contributed by atoms with Gasteiger partial charge in [0.1, 0.15) is 6.04 Å². The minimum Gasteiger partial charge on any atom is -0.363 e. The van der Waals surface area contributed by atoms with Gasteiger partial charge in [0.2, 0.25) is 5.78 Å². The summed E-state index contributed by atoms with van der Waals surface area (Å²) in [6, 6.07) is 22.6. The van der Waals surface area contributed by atoms with Crippen molar-refractivity contribution in [2.45, 2.75) is 12.5 Å². The maximum absolute atomic E-state index is 13.1. The van der Waals surface area contributed by atoms with E-state index in [1.807, 2.05) is 54.6 Å². The Balaban J connectivity index is 1.61. The van der Waals surface area contributed by atoms with Crippen molar-refractivity contribution < 1.29 is 14.4 Å². The fourth-order valence-electron chi connectivity index (χ4n) is 3.43. The van der Waals surface area contributed by atoms with Gasteiger partial charge in [-0.15, -0.1) is 0 Å². The molecule has 2 amide bonds. The minimum absolute atomic E-state index is 0.129. The second kappa shape index (κ2) is 9.69. The standard InChI is InChI=1S/C25H21N5O3/c26-23(32)22(31)21(16-17-8-3-1-4-9-17)28-25(33)19-12-7-14-27-24(19)30-15-13-20(29-30)18-10-5-2-6-11-18/h1-15,21H,16H2,(H2,26,32)(H,28,33). The number of ketones is 1. The molecule has 2 aromatic heterocycles. The number of primary amides is 1. The topological polar surface area (TPSA) is 120 Å². The van der Waals surface area contributed by atoms with Crippen LogP contribution in [0.15, 0.2) is 91.3 Å². The lowest BCUT2D eigenvalue weighted by atomic mass is 10.0. The van der Waals surface area contributed by atoms with E-state index in [1.165, 1.54) is 4.68 Å². The molecule has 4 aromatic rings. The number of rotatable bonds is 8. The van der Waals surface area contributed by atoms with Gasteiger partial charge in [0.25, 0.3) is 11.8 Å². The van der Waals surface area contributed by atoms with Gasteiger partial charge >= 0.3 is 0 Å². The van der Waals surface area contributed by atoms with E-state index in [0.717, 1.165) is 16.8 Å². The lowest BCUT2D eigenvalue weighted by molar-refractivity contribution is -0.137. The van der Waals surface area contributed by atoms with Gasteiger partial charge in [0.15, 0.2) is 5.82 Å². The molecule has 33 heavy (non-hydrogen) atoms. The van der Waals surface area contributed by atoms with E-state index < -0.39 is 23.6 Å². The second-order valence-corrected chi connectivity index (χ2v) is 7.33. The Morgan fingerprint density at radius 3 is 2.30 bits per heavy atom. The molecule has 0 fully saturated rings. The predicted octanol–water partition coefficient (Wildman–Crippen LogP) is 2.33. The maximum atomic E-state index is 13.1. The van der Waals surface area contributed by atoms with E-state index in [1.54, 1.807) is 36.7 Å². The van der Waals surface area contributed by atoms with Crippen LogP contribution in [0, 0.1) is 0 Å². The van der Waals surface area contributed by atoms with Crippen LogP contribution in [0.5, 0.6) is 0 Å². The smallest absolute Gasteiger partial charge is 0.287 e. The lowest BCUT2D eigenvalue weighted by Crippen LogP contribution is -2.47. The number of carbonyl (C=O) groups is 3. The molecule has 0 radical (unpaired) electrons. The van der Waals surface area contributed by atoms with Gasteiger partial charge in [-0.05, 0) is 23.8 Å². The highest BCUT2D eigenvalue weighted by Gasteiger charge is 2.27. The van der Waals surface area contributed by atoms with Crippen molar-refractivity contribution in [2.24, 2.45) is 5.73 Å². The van der Waals surface area contributed by atoms with E-state index in [4.69, 9.17) is 5.73 Å². The highest BCUT2D eigenvalue weighted by molar-refractivity contribution is 6.38. The van der Waals surface area contributed by atoms with E-state index in [0.29, 0.717) is 5.82 Å². The first-order chi connectivity index (χ1) is 16.0. The van der Waals surface area contributed by atoms with Crippen LogP contribution in [0.2, 0.25) is 0 Å². The van der Waals surface area contributed by atoms with Crippen molar-refractivity contribution in [3.8, 4) is 17.1 Å². The molecule has 0 saturated heterocycles. The van der Waals surface area contributed by atoms with Crippen molar-refractivity contribution >= 4 is 17.6 Å². The monoisotopic (exact) mass is 439 g/mol. The van der Waals surface area contributed by atoms with Gasteiger partial charge in [-0.1, -0.05) is 60.7 Å². The number of amides is 2. The quantitative estimate of drug-likeness (QED) is 0.408. The molecule has 0 aliphatic carbocycles. The average molecular weight is 439 g/mol. The van der Waals surface area contributed by atoms with Crippen LogP contribution in [-0.4, -0.2) is 38.4 Å². The van der Waals surface area contributed by atoms with Gasteiger partial charge in [-0.2, -0.15) is 5.10 Å². The number of hydrogen-bond acceptors (Lipinski definition) is 5. The molecule has 2 aromatic carbocycles. The third-order valence-corrected chi connectivity index (χ3v) is 5.05. The van der Waals surface area contributed by atoms with Gasteiger partial charge in [0, 0.05) is 24.4 Å². The highest BCUT2D eigenvalue weighted by atomic mass is 16.2. The normalized spacial score (nSPS) is 11.5. The van der Waals surface area contributed by atoms with Crippen LogP contribution in [0.3, 0.4) is 0 Å². The maximum Gasteiger partial charge on any atom is 0.287 e. The van der Waals surface area contributed by atoms with Gasteiger partial charge in [0.05, 0.1) is 11.3 Å². The van der Waals surface area contributed by atoms with Crippen LogP contribution in [0.1, 0.15) is 15.9 Å². The molecule has 8 heteroatoms. The third-order valence-electron chi connectivity index (χ3n) is 5.05. The first-order valence-corrected chi connectivity index (χ1v) is 10.3. The zero-order chi connectivity index (χ0) is 23.2. The summed E-state index contributed by atoms with van der Waals surface area (Å²) in [5.74, 6) is -2.25. The Morgan fingerprint density at radius 1 is 0.909 bits per heavy atom. The van der Waals surface area contributed by atoms with E-state index in [-0.39, 0.29) is 12.0 Å². The van der Waals surface area contributed by atoms with Crippen LogP contribution in [-0.2, 0) is 16.0 Å². The van der Waals surface area contributed by atoms with Gasteiger partial charge < -0.3 is 11.1 Å². The summed E-state index contributed by atoms with van der Waals surface area (Å²) in [4.78, 5) is 41.4. The average Bonchev–Trinajstić information content (AvgIpc) is 3.34. The molecule has 3 N–H and O–H groups in total. The number of hydrogen-bond donors (Lipinski definition) is 2. The Labute approximate surface area is 190 Å². The Kier molecular flexibility index (Phi) is 6.36. The number of benzene rings is 2. The number of nitrogens with zero attached hydrogens (tertiary/aromatic N) is 3. The molecule has 0 spiro atoms. The molecular formula is C25H21N5O3. The van der Waals surface area contributed by atoms with E-state index in [2.05, 4.69) is 15.4 Å². The Bertz CT molecular complexity index is 1290. The molecule has 0 aliphatic heterocycles. The summed E-state index contributed by atoms with van der Waals surface area (Å²) in [6.07, 6.45) is 3.38. The lowest BCUT2D eigenvalue weighted by Gasteiger charge is -2.17. The largest absolute Gasteiger partial charge is 0.363 e. The molecule has 0 aliphatic rings. The molecule has 8 nitrogen and oxygen atoms in total.